The van der Waals surface area contributed by atoms with Crippen LogP contribution in [-0.4, -0.2) is 45.0 Å². The Bertz CT molecular complexity index is 569. The van der Waals surface area contributed by atoms with Crippen molar-refractivity contribution in [2.24, 2.45) is 0 Å². The van der Waals surface area contributed by atoms with Gasteiger partial charge in [0.2, 0.25) is 0 Å². The number of β-amino-alcohol motifs (C(OH)–C–C–N with tert-alkyl or cyclic N) is 1. The number of piperidine rings is 1. The van der Waals surface area contributed by atoms with Gasteiger partial charge < -0.3 is 9.67 Å². The minimum atomic E-state index is -0.179. The summed E-state index contributed by atoms with van der Waals surface area (Å²) in [6.45, 7) is 2.63. The molecule has 4 nitrogen and oxygen atoms in total. The molecule has 3 rings (SSSR count). The van der Waals surface area contributed by atoms with Gasteiger partial charge in [-0.25, -0.2) is 4.98 Å². The van der Waals surface area contributed by atoms with Crippen molar-refractivity contribution >= 4 is 22.8 Å². The average Bonchev–Trinajstić information content (AvgIpc) is 2.77. The molecule has 0 amide bonds. The van der Waals surface area contributed by atoms with Gasteiger partial charge in [-0.2, -0.15) is 0 Å². The summed E-state index contributed by atoms with van der Waals surface area (Å²) in [5, 5.41) is 10.8. The van der Waals surface area contributed by atoms with E-state index in [9.17, 15) is 5.11 Å². The van der Waals surface area contributed by atoms with E-state index in [0.29, 0.717) is 0 Å². The zero-order valence-corrected chi connectivity index (χ0v) is 11.9. The minimum absolute atomic E-state index is 0.179. The van der Waals surface area contributed by atoms with Crippen LogP contribution < -0.4 is 0 Å². The molecule has 0 bridgehead atoms. The van der Waals surface area contributed by atoms with E-state index in [4.69, 9.17) is 0 Å². The number of rotatable bonds is 3. The third-order valence-electron chi connectivity index (χ3n) is 3.62. The summed E-state index contributed by atoms with van der Waals surface area (Å²) in [5.41, 5.74) is 2.22. The highest BCUT2D eigenvalue weighted by molar-refractivity contribution is 7.98. The molecule has 1 aliphatic rings. The average molecular weight is 277 g/mol. The predicted molar refractivity (Wildman–Crippen MR) is 78.3 cm³/mol. The third-order valence-corrected chi connectivity index (χ3v) is 4.30. The Morgan fingerprint density at radius 1 is 1.42 bits per heavy atom. The number of hydrogen-bond donors (Lipinski definition) is 1. The molecule has 2 aromatic rings. The van der Waals surface area contributed by atoms with Gasteiger partial charge >= 0.3 is 0 Å². The molecule has 1 atom stereocenters. The van der Waals surface area contributed by atoms with Gasteiger partial charge in [0, 0.05) is 13.1 Å². The Kier molecular flexibility index (Phi) is 3.77. The topological polar surface area (TPSA) is 41.3 Å². The zero-order valence-electron chi connectivity index (χ0n) is 11.1. The lowest BCUT2D eigenvalue weighted by atomic mass is 10.1. The molecule has 1 aliphatic heterocycles. The predicted octanol–water partition coefficient (Wildman–Crippen LogP) is 2.17. The largest absolute Gasteiger partial charge is 0.392 e. The molecule has 102 valence electrons. The molecule has 1 saturated heterocycles. The van der Waals surface area contributed by atoms with Gasteiger partial charge in [-0.1, -0.05) is 23.9 Å². The number of aliphatic hydroxyl groups is 1. The Hall–Kier alpha value is -1.04. The van der Waals surface area contributed by atoms with E-state index in [-0.39, 0.29) is 6.10 Å². The van der Waals surface area contributed by atoms with Crippen LogP contribution in [0.15, 0.2) is 29.4 Å². The van der Waals surface area contributed by atoms with Crippen LogP contribution in [0.3, 0.4) is 0 Å². The van der Waals surface area contributed by atoms with Crippen molar-refractivity contribution in [3.63, 3.8) is 0 Å². The number of aliphatic hydroxyl groups excluding tert-OH is 1. The number of nitrogens with zero attached hydrogens (tertiary/aromatic N) is 3. The summed E-state index contributed by atoms with van der Waals surface area (Å²) in [6, 6.07) is 8.24. The molecule has 0 spiro atoms. The van der Waals surface area contributed by atoms with Crippen molar-refractivity contribution in [1.82, 2.24) is 14.5 Å². The van der Waals surface area contributed by atoms with Crippen molar-refractivity contribution in [3.8, 4) is 0 Å². The number of hydrogen-bond acceptors (Lipinski definition) is 4. The fourth-order valence-electron chi connectivity index (χ4n) is 2.71. The van der Waals surface area contributed by atoms with E-state index in [0.717, 1.165) is 43.3 Å². The molecule has 1 fully saturated rings. The van der Waals surface area contributed by atoms with Crippen LogP contribution in [0.2, 0.25) is 0 Å². The van der Waals surface area contributed by atoms with E-state index in [1.54, 1.807) is 11.8 Å². The van der Waals surface area contributed by atoms with E-state index in [2.05, 4.69) is 38.9 Å². The third kappa shape index (κ3) is 2.63. The summed E-state index contributed by atoms with van der Waals surface area (Å²) in [4.78, 5) is 6.96. The van der Waals surface area contributed by atoms with Crippen LogP contribution in [-0.2, 0) is 6.67 Å². The second-order valence-electron chi connectivity index (χ2n) is 5.03. The molecule has 0 saturated carbocycles. The van der Waals surface area contributed by atoms with Crippen LogP contribution in [0.25, 0.3) is 11.0 Å². The summed E-state index contributed by atoms with van der Waals surface area (Å²) < 4.78 is 2.25. The maximum absolute atomic E-state index is 9.78. The number of likely N-dealkylation sites (tertiary alicyclic amines) is 1. The molecule has 1 aromatic carbocycles. The fraction of sp³-hybridized carbons (Fsp3) is 0.500. The Morgan fingerprint density at radius 2 is 2.26 bits per heavy atom. The van der Waals surface area contributed by atoms with Crippen LogP contribution in [0, 0.1) is 0 Å². The van der Waals surface area contributed by atoms with Crippen LogP contribution in [0.1, 0.15) is 12.8 Å². The number of fused-ring (bicyclic) bond motifs is 1. The standard InChI is InChI=1S/C14H19N3OS/c1-19-14-15-12-6-2-3-7-13(12)17(14)10-16-8-4-5-11(18)9-16/h2-3,6-7,11,18H,4-5,8-10H2,1H3/t11-/m1/s1. The molecule has 0 unspecified atom stereocenters. The van der Waals surface area contributed by atoms with Crippen molar-refractivity contribution in [2.45, 2.75) is 30.8 Å². The van der Waals surface area contributed by atoms with Gasteiger partial charge in [-0.05, 0) is 31.2 Å². The van der Waals surface area contributed by atoms with Crippen molar-refractivity contribution in [1.29, 1.82) is 0 Å². The Labute approximate surface area is 117 Å². The molecular weight excluding hydrogens is 258 g/mol. The summed E-state index contributed by atoms with van der Waals surface area (Å²) >= 11 is 1.67. The van der Waals surface area contributed by atoms with Crippen LogP contribution in [0.4, 0.5) is 0 Å². The summed E-state index contributed by atoms with van der Waals surface area (Å²) in [6.07, 6.45) is 3.88. The fourth-order valence-corrected chi connectivity index (χ4v) is 3.27. The quantitative estimate of drug-likeness (QED) is 0.873. The highest BCUT2D eigenvalue weighted by Crippen LogP contribution is 2.23. The van der Waals surface area contributed by atoms with E-state index in [1.165, 1.54) is 5.52 Å². The van der Waals surface area contributed by atoms with Crippen molar-refractivity contribution in [2.75, 3.05) is 19.3 Å². The lowest BCUT2D eigenvalue weighted by Crippen LogP contribution is -2.39. The first-order valence-electron chi connectivity index (χ1n) is 6.67. The molecular formula is C14H19N3OS. The number of thioether (sulfide) groups is 1. The number of para-hydroxylation sites is 2. The summed E-state index contributed by atoms with van der Waals surface area (Å²) in [7, 11) is 0. The summed E-state index contributed by atoms with van der Waals surface area (Å²) in [5.74, 6) is 0. The van der Waals surface area contributed by atoms with Gasteiger partial charge in [0.1, 0.15) is 0 Å². The monoisotopic (exact) mass is 277 g/mol. The van der Waals surface area contributed by atoms with E-state index < -0.39 is 0 Å². The molecule has 0 aliphatic carbocycles. The van der Waals surface area contributed by atoms with E-state index in [1.807, 2.05) is 6.07 Å². The number of aromatic nitrogens is 2. The molecule has 1 aromatic heterocycles. The molecule has 19 heavy (non-hydrogen) atoms. The first kappa shape index (κ1) is 13.0. The van der Waals surface area contributed by atoms with Gasteiger partial charge in [0.25, 0.3) is 0 Å². The zero-order chi connectivity index (χ0) is 13.2. The first-order valence-corrected chi connectivity index (χ1v) is 7.90. The van der Waals surface area contributed by atoms with Gasteiger partial charge in [0.05, 0.1) is 23.8 Å². The van der Waals surface area contributed by atoms with Crippen LogP contribution in [0.5, 0.6) is 0 Å². The Morgan fingerprint density at radius 3 is 3.05 bits per heavy atom. The van der Waals surface area contributed by atoms with Crippen molar-refractivity contribution in [3.05, 3.63) is 24.3 Å². The maximum atomic E-state index is 9.78. The second kappa shape index (κ2) is 5.53. The van der Waals surface area contributed by atoms with Crippen molar-refractivity contribution < 1.29 is 5.11 Å². The van der Waals surface area contributed by atoms with Gasteiger partial charge in [-0.15, -0.1) is 0 Å². The normalized spacial score (nSPS) is 21.1. The highest BCUT2D eigenvalue weighted by atomic mass is 32.2. The molecule has 2 heterocycles. The van der Waals surface area contributed by atoms with Gasteiger partial charge in [-0.3, -0.25) is 4.90 Å². The minimum Gasteiger partial charge on any atom is -0.392 e. The SMILES string of the molecule is CSc1nc2ccccc2n1CN1CCC[C@@H](O)C1. The maximum Gasteiger partial charge on any atom is 0.169 e. The highest BCUT2D eigenvalue weighted by Gasteiger charge is 2.19. The molecule has 5 heteroatoms. The number of imidazole rings is 1. The first-order chi connectivity index (χ1) is 9.28. The second-order valence-corrected chi connectivity index (χ2v) is 5.80. The smallest absolute Gasteiger partial charge is 0.169 e. The van der Waals surface area contributed by atoms with Gasteiger partial charge in [0.15, 0.2) is 5.16 Å². The molecule has 0 radical (unpaired) electrons. The lowest BCUT2D eigenvalue weighted by Gasteiger charge is -2.30. The van der Waals surface area contributed by atoms with E-state index >= 15 is 0 Å². The van der Waals surface area contributed by atoms with Crippen LogP contribution >= 0.6 is 11.8 Å². The molecule has 1 N–H and O–H groups in total. The number of benzene rings is 1. The Balaban J connectivity index is 1.90. The lowest BCUT2D eigenvalue weighted by molar-refractivity contribution is 0.0535.